The van der Waals surface area contributed by atoms with Crippen LogP contribution in [0.1, 0.15) is 25.0 Å². The van der Waals surface area contributed by atoms with Crippen LogP contribution < -0.4 is 0 Å². The number of benzene rings is 10. The van der Waals surface area contributed by atoms with Gasteiger partial charge in [0.1, 0.15) is 11.2 Å². The highest BCUT2D eigenvalue weighted by molar-refractivity contribution is 6.12. The predicted octanol–water partition coefficient (Wildman–Crippen LogP) is 17.3. The highest BCUT2D eigenvalue weighted by atomic mass is 16.3. The first-order valence-corrected chi connectivity index (χ1v) is 22.6. The summed E-state index contributed by atoms with van der Waals surface area (Å²) in [7, 11) is 0. The van der Waals surface area contributed by atoms with Crippen LogP contribution in [0.3, 0.4) is 0 Å². The summed E-state index contributed by atoms with van der Waals surface area (Å²) in [4.78, 5) is 0. The van der Waals surface area contributed by atoms with Gasteiger partial charge in [-0.25, -0.2) is 0 Å². The Kier molecular flexibility index (Phi) is 8.29. The minimum atomic E-state index is -0.126. The van der Waals surface area contributed by atoms with Crippen LogP contribution in [0.4, 0.5) is 0 Å². The van der Waals surface area contributed by atoms with E-state index in [9.17, 15) is 0 Å². The average molecular weight is 830 g/mol. The van der Waals surface area contributed by atoms with Gasteiger partial charge in [-0.1, -0.05) is 172 Å². The molecule has 0 aliphatic heterocycles. The first kappa shape index (κ1) is 37.4. The molecule has 0 radical (unpaired) electrons. The summed E-state index contributed by atoms with van der Waals surface area (Å²) in [5, 5.41) is 4.72. The second-order valence-electron chi connectivity index (χ2n) is 18.1. The van der Waals surface area contributed by atoms with Crippen LogP contribution in [-0.4, -0.2) is 4.57 Å². The summed E-state index contributed by atoms with van der Waals surface area (Å²) in [5.74, 6) is 0. The molecule has 1 aliphatic rings. The summed E-state index contributed by atoms with van der Waals surface area (Å²) < 4.78 is 9.21. The molecule has 0 bridgehead atoms. The number of rotatable bonds is 6. The molecule has 0 saturated carbocycles. The van der Waals surface area contributed by atoms with Crippen LogP contribution in [-0.2, 0) is 5.41 Å². The second kappa shape index (κ2) is 14.4. The second-order valence-corrected chi connectivity index (χ2v) is 18.1. The van der Waals surface area contributed by atoms with E-state index in [1.807, 2.05) is 0 Å². The molecule has 2 heteroatoms. The molecule has 13 rings (SSSR count). The van der Waals surface area contributed by atoms with Gasteiger partial charge >= 0.3 is 0 Å². The van der Waals surface area contributed by atoms with Crippen molar-refractivity contribution in [3.05, 3.63) is 236 Å². The quantitative estimate of drug-likeness (QED) is 0.163. The zero-order valence-corrected chi connectivity index (χ0v) is 36.2. The zero-order chi connectivity index (χ0) is 43.2. The fourth-order valence-corrected chi connectivity index (χ4v) is 10.7. The van der Waals surface area contributed by atoms with E-state index in [0.717, 1.165) is 66.6 Å². The lowest BCUT2D eigenvalue weighted by Gasteiger charge is -2.22. The van der Waals surface area contributed by atoms with E-state index in [1.54, 1.807) is 0 Å². The van der Waals surface area contributed by atoms with E-state index >= 15 is 0 Å². The average Bonchev–Trinajstić information content (AvgIpc) is 3.99. The third kappa shape index (κ3) is 5.95. The van der Waals surface area contributed by atoms with E-state index in [-0.39, 0.29) is 5.41 Å². The number of hydrogen-bond acceptors (Lipinski definition) is 1. The van der Waals surface area contributed by atoms with Gasteiger partial charge in [0.15, 0.2) is 0 Å². The molecule has 2 nitrogen and oxygen atoms in total. The molecular weight excluding hydrogens is 787 g/mol. The maximum atomic E-state index is 6.81. The monoisotopic (exact) mass is 829 g/mol. The Morgan fingerprint density at radius 1 is 0.323 bits per heavy atom. The van der Waals surface area contributed by atoms with Gasteiger partial charge in [-0.15, -0.1) is 0 Å². The minimum absolute atomic E-state index is 0.126. The summed E-state index contributed by atoms with van der Waals surface area (Å²) in [6.45, 7) is 4.70. The molecule has 0 N–H and O–H groups in total. The zero-order valence-electron chi connectivity index (χ0n) is 36.2. The van der Waals surface area contributed by atoms with Crippen molar-refractivity contribution in [2.24, 2.45) is 0 Å². The van der Waals surface area contributed by atoms with Crippen LogP contribution in [0.5, 0.6) is 0 Å². The summed E-state index contributed by atoms with van der Waals surface area (Å²) in [5.41, 5.74) is 22.2. The molecule has 12 aromatic rings. The van der Waals surface area contributed by atoms with Crippen LogP contribution in [0.25, 0.3) is 116 Å². The molecule has 0 fully saturated rings. The molecule has 1 aliphatic carbocycles. The molecule has 0 unspecified atom stereocenters. The SMILES string of the molecule is CC1(C)c2ccccc2-c2ccc(-c3cc(-c4cc(-c5ccc(-c6ccccc6)cc5)cc(-c5ccc6c7ccccc7n(-c7ccccc7)c6c5)c4)cc4c3oc3ccccc34)cc21. The maximum Gasteiger partial charge on any atom is 0.143 e. The van der Waals surface area contributed by atoms with Crippen molar-refractivity contribution in [1.29, 1.82) is 0 Å². The topological polar surface area (TPSA) is 18.1 Å². The van der Waals surface area contributed by atoms with Crippen LogP contribution >= 0.6 is 0 Å². The third-order valence-corrected chi connectivity index (χ3v) is 14.0. The lowest BCUT2D eigenvalue weighted by atomic mass is 9.81. The van der Waals surface area contributed by atoms with Gasteiger partial charge in [-0.3, -0.25) is 0 Å². The van der Waals surface area contributed by atoms with Gasteiger partial charge < -0.3 is 8.98 Å². The van der Waals surface area contributed by atoms with E-state index < -0.39 is 0 Å². The van der Waals surface area contributed by atoms with Crippen LogP contribution in [0.2, 0.25) is 0 Å². The number of nitrogens with zero attached hydrogens (tertiary/aromatic N) is 1. The number of para-hydroxylation sites is 3. The van der Waals surface area contributed by atoms with Gasteiger partial charge in [0, 0.05) is 38.2 Å². The Hall–Kier alpha value is -8.20. The predicted molar refractivity (Wildman–Crippen MR) is 273 cm³/mol. The van der Waals surface area contributed by atoms with Crippen molar-refractivity contribution in [2.75, 3.05) is 0 Å². The van der Waals surface area contributed by atoms with Gasteiger partial charge in [0.25, 0.3) is 0 Å². The third-order valence-electron chi connectivity index (χ3n) is 14.0. The van der Waals surface area contributed by atoms with Crippen molar-refractivity contribution >= 4 is 43.7 Å². The van der Waals surface area contributed by atoms with Gasteiger partial charge in [-0.05, 0) is 139 Å². The molecule has 0 amide bonds. The minimum Gasteiger partial charge on any atom is -0.455 e. The number of aromatic nitrogens is 1. The number of hydrogen-bond donors (Lipinski definition) is 0. The fourth-order valence-electron chi connectivity index (χ4n) is 10.7. The first-order chi connectivity index (χ1) is 32.0. The lowest BCUT2D eigenvalue weighted by molar-refractivity contribution is 0.660. The van der Waals surface area contributed by atoms with Gasteiger partial charge in [0.2, 0.25) is 0 Å². The Morgan fingerprint density at radius 2 is 0.877 bits per heavy atom. The normalized spacial score (nSPS) is 12.9. The van der Waals surface area contributed by atoms with Crippen molar-refractivity contribution in [3.8, 4) is 72.4 Å². The van der Waals surface area contributed by atoms with Crippen LogP contribution in [0.15, 0.2) is 229 Å². The Balaban J connectivity index is 1.04. The van der Waals surface area contributed by atoms with E-state index in [1.165, 1.54) is 60.8 Å². The molecule has 0 saturated heterocycles. The maximum absolute atomic E-state index is 6.81. The van der Waals surface area contributed by atoms with E-state index in [2.05, 4.69) is 243 Å². The Labute approximate surface area is 378 Å². The standard InChI is InChI=1S/C63H43NO/c1-63(2)57-22-12-9-19-50(57)51-31-30-44(38-58(51)63)55-36-48(37-56-54-21-11-14-24-61(54)65-62(55)56)47-34-45(42-27-25-41(26-28-42)40-15-5-3-6-16-40)33-46(35-47)43-29-32-53-52-20-10-13-23-59(52)64(60(53)39-43)49-17-7-4-8-18-49/h3-39H,1-2H3. The number of furan rings is 1. The summed E-state index contributed by atoms with van der Waals surface area (Å²) in [6, 6.07) is 82.3. The molecule has 2 heterocycles. The summed E-state index contributed by atoms with van der Waals surface area (Å²) in [6.07, 6.45) is 0. The van der Waals surface area contributed by atoms with Crippen molar-refractivity contribution in [1.82, 2.24) is 4.57 Å². The Morgan fingerprint density at radius 3 is 1.68 bits per heavy atom. The smallest absolute Gasteiger partial charge is 0.143 e. The van der Waals surface area contributed by atoms with Crippen LogP contribution in [0, 0.1) is 0 Å². The molecule has 306 valence electrons. The van der Waals surface area contributed by atoms with Crippen molar-refractivity contribution in [2.45, 2.75) is 19.3 Å². The fraction of sp³-hybridized carbons (Fsp3) is 0.0476. The highest BCUT2D eigenvalue weighted by Gasteiger charge is 2.35. The lowest BCUT2D eigenvalue weighted by Crippen LogP contribution is -2.14. The molecule has 0 spiro atoms. The van der Waals surface area contributed by atoms with Gasteiger partial charge in [0.05, 0.1) is 11.0 Å². The molecular formula is C63H43NO. The van der Waals surface area contributed by atoms with Crippen molar-refractivity contribution in [3.63, 3.8) is 0 Å². The highest BCUT2D eigenvalue weighted by Crippen LogP contribution is 2.51. The number of fused-ring (bicyclic) bond motifs is 9. The van der Waals surface area contributed by atoms with Gasteiger partial charge in [-0.2, -0.15) is 0 Å². The molecule has 65 heavy (non-hydrogen) atoms. The molecule has 0 atom stereocenters. The first-order valence-electron chi connectivity index (χ1n) is 22.6. The largest absolute Gasteiger partial charge is 0.455 e. The van der Waals surface area contributed by atoms with Crippen molar-refractivity contribution < 1.29 is 4.42 Å². The Bertz CT molecular complexity index is 3830. The molecule has 2 aromatic heterocycles. The van der Waals surface area contributed by atoms with E-state index in [4.69, 9.17) is 4.42 Å². The summed E-state index contributed by atoms with van der Waals surface area (Å²) >= 11 is 0. The molecule has 10 aromatic carbocycles. The van der Waals surface area contributed by atoms with E-state index in [0.29, 0.717) is 0 Å².